The Bertz CT molecular complexity index is 331. The molecule has 0 spiro atoms. The van der Waals surface area contributed by atoms with Crippen LogP contribution in [0.3, 0.4) is 0 Å². The van der Waals surface area contributed by atoms with E-state index in [-0.39, 0.29) is 0 Å². The van der Waals surface area contributed by atoms with Gasteiger partial charge in [0.05, 0.1) is 0 Å². The molecule has 0 aromatic carbocycles. The first-order valence-corrected chi connectivity index (χ1v) is 7.63. The van der Waals surface area contributed by atoms with Crippen LogP contribution >= 0.6 is 0 Å². The highest BCUT2D eigenvalue weighted by molar-refractivity contribution is 7.87. The van der Waals surface area contributed by atoms with Crippen molar-refractivity contribution in [1.29, 1.82) is 0 Å². The van der Waals surface area contributed by atoms with E-state index in [2.05, 4.69) is 10.0 Å². The number of nitrogens with zero attached hydrogens (tertiary/aromatic N) is 1. The molecule has 0 unspecified atom stereocenters. The van der Waals surface area contributed by atoms with Gasteiger partial charge in [-0.05, 0) is 46.6 Å². The lowest BCUT2D eigenvalue weighted by Crippen LogP contribution is -2.48. The summed E-state index contributed by atoms with van der Waals surface area (Å²) < 4.78 is 27.8. The Hall–Kier alpha value is -0.170. The molecular weight excluding hydrogens is 238 g/mol. The van der Waals surface area contributed by atoms with Crippen molar-refractivity contribution in [2.75, 3.05) is 20.1 Å². The fourth-order valence-electron chi connectivity index (χ4n) is 1.48. The van der Waals surface area contributed by atoms with Crippen molar-refractivity contribution in [2.24, 2.45) is 0 Å². The SMILES string of the molecule is CN(CCCNC1CC1)S(=O)(=O)NC(C)(C)C. The smallest absolute Gasteiger partial charge is 0.279 e. The summed E-state index contributed by atoms with van der Waals surface area (Å²) in [6.07, 6.45) is 3.37. The van der Waals surface area contributed by atoms with E-state index in [0.29, 0.717) is 12.6 Å². The highest BCUT2D eigenvalue weighted by atomic mass is 32.2. The standard InChI is InChI=1S/C11H25N3O2S/c1-11(2,3)13-17(15,16)14(4)9-5-8-12-10-6-7-10/h10,12-13H,5-9H2,1-4H3. The first-order valence-electron chi connectivity index (χ1n) is 6.19. The van der Waals surface area contributed by atoms with Crippen molar-refractivity contribution in [3.8, 4) is 0 Å². The summed E-state index contributed by atoms with van der Waals surface area (Å²) in [5.41, 5.74) is -0.431. The van der Waals surface area contributed by atoms with E-state index < -0.39 is 15.7 Å². The Balaban J connectivity index is 2.26. The average Bonchev–Trinajstić information content (AvgIpc) is 2.91. The maximum absolute atomic E-state index is 11.9. The second-order valence-corrected chi connectivity index (χ2v) is 7.54. The number of hydrogen-bond donors (Lipinski definition) is 2. The van der Waals surface area contributed by atoms with E-state index >= 15 is 0 Å². The fraction of sp³-hybridized carbons (Fsp3) is 1.00. The third-order valence-electron chi connectivity index (χ3n) is 2.51. The van der Waals surface area contributed by atoms with Crippen LogP contribution in [0.1, 0.15) is 40.0 Å². The lowest BCUT2D eigenvalue weighted by atomic mass is 10.1. The molecule has 0 aromatic heterocycles. The van der Waals surface area contributed by atoms with Gasteiger partial charge in [0.15, 0.2) is 0 Å². The maximum Gasteiger partial charge on any atom is 0.279 e. The van der Waals surface area contributed by atoms with Crippen molar-refractivity contribution in [3.05, 3.63) is 0 Å². The minimum absolute atomic E-state index is 0.431. The second kappa shape index (κ2) is 5.65. The van der Waals surface area contributed by atoms with Crippen molar-refractivity contribution in [1.82, 2.24) is 14.3 Å². The van der Waals surface area contributed by atoms with Gasteiger partial charge in [0.1, 0.15) is 0 Å². The molecule has 6 heteroatoms. The van der Waals surface area contributed by atoms with Gasteiger partial charge < -0.3 is 5.32 Å². The van der Waals surface area contributed by atoms with Gasteiger partial charge in [0, 0.05) is 25.2 Å². The summed E-state index contributed by atoms with van der Waals surface area (Å²) in [4.78, 5) is 0. The molecular formula is C11H25N3O2S. The predicted octanol–water partition coefficient (Wildman–Crippen LogP) is 0.693. The Morgan fingerprint density at radius 3 is 2.35 bits per heavy atom. The normalized spacial score (nSPS) is 17.7. The van der Waals surface area contributed by atoms with E-state index in [1.807, 2.05) is 20.8 Å². The summed E-state index contributed by atoms with van der Waals surface area (Å²) in [6.45, 7) is 6.96. The second-order valence-electron chi connectivity index (χ2n) is 5.76. The molecule has 0 radical (unpaired) electrons. The molecule has 1 fully saturated rings. The van der Waals surface area contributed by atoms with E-state index in [9.17, 15) is 8.42 Å². The molecule has 1 aliphatic rings. The summed E-state index contributed by atoms with van der Waals surface area (Å²) in [6, 6.07) is 0.685. The van der Waals surface area contributed by atoms with E-state index in [1.54, 1.807) is 7.05 Å². The molecule has 5 nitrogen and oxygen atoms in total. The molecule has 0 amide bonds. The molecule has 102 valence electrons. The highest BCUT2D eigenvalue weighted by Crippen LogP contribution is 2.18. The van der Waals surface area contributed by atoms with Crippen LogP contribution in [-0.4, -0.2) is 44.4 Å². The van der Waals surface area contributed by atoms with Crippen LogP contribution in [0.25, 0.3) is 0 Å². The van der Waals surface area contributed by atoms with Gasteiger partial charge in [-0.15, -0.1) is 0 Å². The fourth-order valence-corrected chi connectivity index (χ4v) is 2.78. The van der Waals surface area contributed by atoms with Gasteiger partial charge >= 0.3 is 0 Å². The van der Waals surface area contributed by atoms with Gasteiger partial charge in [-0.2, -0.15) is 17.4 Å². The van der Waals surface area contributed by atoms with Crippen LogP contribution in [0.4, 0.5) is 0 Å². The largest absolute Gasteiger partial charge is 0.314 e. The first kappa shape index (κ1) is 14.9. The van der Waals surface area contributed by atoms with E-state index in [4.69, 9.17) is 0 Å². The number of hydrogen-bond acceptors (Lipinski definition) is 3. The molecule has 0 heterocycles. The zero-order valence-electron chi connectivity index (χ0n) is 11.3. The van der Waals surface area contributed by atoms with Crippen LogP contribution in [0.5, 0.6) is 0 Å². The number of rotatable bonds is 7. The zero-order valence-corrected chi connectivity index (χ0v) is 12.1. The van der Waals surface area contributed by atoms with Crippen LogP contribution in [0.15, 0.2) is 0 Å². The average molecular weight is 263 g/mol. The summed E-state index contributed by atoms with van der Waals surface area (Å²) >= 11 is 0. The van der Waals surface area contributed by atoms with Crippen LogP contribution in [0.2, 0.25) is 0 Å². The topological polar surface area (TPSA) is 61.4 Å². The third-order valence-corrected chi connectivity index (χ3v) is 4.38. The quantitative estimate of drug-likeness (QED) is 0.665. The molecule has 0 saturated heterocycles. The molecule has 1 aliphatic carbocycles. The molecule has 0 bridgehead atoms. The van der Waals surface area contributed by atoms with Crippen molar-refractivity contribution < 1.29 is 8.42 Å². The van der Waals surface area contributed by atoms with E-state index in [0.717, 1.165) is 13.0 Å². The van der Waals surface area contributed by atoms with Crippen LogP contribution < -0.4 is 10.0 Å². The summed E-state index contributed by atoms with van der Waals surface area (Å²) in [5, 5.41) is 3.37. The van der Waals surface area contributed by atoms with Gasteiger partial charge in [-0.3, -0.25) is 0 Å². The van der Waals surface area contributed by atoms with Crippen molar-refractivity contribution in [3.63, 3.8) is 0 Å². The molecule has 0 aromatic rings. The van der Waals surface area contributed by atoms with Crippen LogP contribution in [-0.2, 0) is 10.2 Å². The number of nitrogens with one attached hydrogen (secondary N) is 2. The first-order chi connectivity index (χ1) is 7.71. The molecule has 1 saturated carbocycles. The van der Waals surface area contributed by atoms with Crippen molar-refractivity contribution >= 4 is 10.2 Å². The molecule has 0 atom stereocenters. The molecule has 2 N–H and O–H groups in total. The summed E-state index contributed by atoms with van der Waals surface area (Å²) in [5.74, 6) is 0. The Morgan fingerprint density at radius 2 is 1.88 bits per heavy atom. The lowest BCUT2D eigenvalue weighted by Gasteiger charge is -2.25. The third kappa shape index (κ3) is 6.35. The van der Waals surface area contributed by atoms with Gasteiger partial charge in [-0.25, -0.2) is 0 Å². The maximum atomic E-state index is 11.9. The Morgan fingerprint density at radius 1 is 1.29 bits per heavy atom. The minimum Gasteiger partial charge on any atom is -0.314 e. The summed E-state index contributed by atoms with van der Waals surface area (Å²) in [7, 11) is -1.73. The molecule has 17 heavy (non-hydrogen) atoms. The van der Waals surface area contributed by atoms with Gasteiger partial charge in [0.25, 0.3) is 10.2 Å². The van der Waals surface area contributed by atoms with Gasteiger partial charge in [-0.1, -0.05) is 0 Å². The predicted molar refractivity (Wildman–Crippen MR) is 70.1 cm³/mol. The van der Waals surface area contributed by atoms with Crippen LogP contribution in [0, 0.1) is 0 Å². The molecule has 1 rings (SSSR count). The lowest BCUT2D eigenvalue weighted by molar-refractivity contribution is 0.416. The van der Waals surface area contributed by atoms with Crippen molar-refractivity contribution in [2.45, 2.75) is 51.6 Å². The monoisotopic (exact) mass is 263 g/mol. The zero-order chi connectivity index (χ0) is 13.1. The van der Waals surface area contributed by atoms with E-state index in [1.165, 1.54) is 17.1 Å². The Kier molecular flexibility index (Phi) is 4.95. The highest BCUT2D eigenvalue weighted by Gasteiger charge is 2.24. The van der Waals surface area contributed by atoms with Gasteiger partial charge in [0.2, 0.25) is 0 Å². The Labute approximate surface area is 105 Å². The minimum atomic E-state index is -3.35. The molecule has 0 aliphatic heterocycles.